The Morgan fingerprint density at radius 2 is 1.83 bits per heavy atom. The van der Waals surface area contributed by atoms with E-state index >= 15 is 0 Å². The fraction of sp³-hybridized carbons (Fsp3) is 0.600. The number of aliphatic carboxylic acids is 1. The highest BCUT2D eigenvalue weighted by Crippen LogP contribution is 2.37. The van der Waals surface area contributed by atoms with Crippen LogP contribution in [-0.2, 0) is 9.59 Å². The van der Waals surface area contributed by atoms with Crippen LogP contribution in [-0.4, -0.2) is 17.0 Å². The third kappa shape index (κ3) is 5.08. The topological polar surface area (TPSA) is 63.6 Å². The first-order valence-electron chi connectivity index (χ1n) is 9.02. The minimum absolute atomic E-state index is 0.404. The van der Waals surface area contributed by atoms with Crippen LogP contribution in [0, 0.1) is 24.7 Å². The minimum Gasteiger partial charge on any atom is -0.481 e. The van der Waals surface area contributed by atoms with Gasteiger partial charge in [0.05, 0.1) is 11.8 Å². The number of esters is 1. The van der Waals surface area contributed by atoms with E-state index in [0.717, 1.165) is 24.8 Å². The van der Waals surface area contributed by atoms with Crippen molar-refractivity contribution in [1.82, 2.24) is 0 Å². The summed E-state index contributed by atoms with van der Waals surface area (Å²) < 4.78 is 5.42. The predicted molar refractivity (Wildman–Crippen MR) is 92.9 cm³/mol. The van der Waals surface area contributed by atoms with Gasteiger partial charge in [-0.05, 0) is 44.2 Å². The van der Waals surface area contributed by atoms with Gasteiger partial charge in [-0.2, -0.15) is 0 Å². The fourth-order valence-electron chi connectivity index (χ4n) is 3.56. The SMILES string of the molecule is CCCCCC1CCC(C(=O)Oc2ccc(C)cc2)C(C(=O)O)C1. The van der Waals surface area contributed by atoms with E-state index in [1.807, 2.05) is 19.1 Å². The average molecular weight is 332 g/mol. The summed E-state index contributed by atoms with van der Waals surface area (Å²) in [6, 6.07) is 7.25. The second kappa shape index (κ2) is 8.86. The van der Waals surface area contributed by atoms with Gasteiger partial charge in [-0.3, -0.25) is 9.59 Å². The van der Waals surface area contributed by atoms with Crippen LogP contribution >= 0.6 is 0 Å². The van der Waals surface area contributed by atoms with Crippen molar-refractivity contribution in [3.05, 3.63) is 29.8 Å². The van der Waals surface area contributed by atoms with E-state index in [9.17, 15) is 14.7 Å². The first-order chi connectivity index (χ1) is 11.5. The van der Waals surface area contributed by atoms with E-state index in [2.05, 4.69) is 6.92 Å². The smallest absolute Gasteiger partial charge is 0.315 e. The van der Waals surface area contributed by atoms with Crippen LogP contribution in [0.2, 0.25) is 0 Å². The molecule has 1 aromatic rings. The summed E-state index contributed by atoms with van der Waals surface area (Å²) >= 11 is 0. The molecular weight excluding hydrogens is 304 g/mol. The number of aryl methyl sites for hydroxylation is 1. The van der Waals surface area contributed by atoms with Crippen molar-refractivity contribution in [2.24, 2.45) is 17.8 Å². The van der Waals surface area contributed by atoms with E-state index in [4.69, 9.17) is 4.74 Å². The van der Waals surface area contributed by atoms with E-state index in [0.29, 0.717) is 24.5 Å². The number of unbranched alkanes of at least 4 members (excludes halogenated alkanes) is 2. The molecule has 0 aromatic heterocycles. The Balaban J connectivity index is 1.96. The van der Waals surface area contributed by atoms with E-state index in [1.54, 1.807) is 12.1 Å². The van der Waals surface area contributed by atoms with Crippen molar-refractivity contribution >= 4 is 11.9 Å². The zero-order valence-electron chi connectivity index (χ0n) is 14.7. The van der Waals surface area contributed by atoms with Crippen LogP contribution in [0.1, 0.15) is 57.4 Å². The molecule has 0 amide bonds. The maximum atomic E-state index is 12.4. The largest absolute Gasteiger partial charge is 0.481 e. The number of benzene rings is 1. The highest BCUT2D eigenvalue weighted by atomic mass is 16.5. The maximum Gasteiger partial charge on any atom is 0.315 e. The Labute approximate surface area is 144 Å². The van der Waals surface area contributed by atoms with Crippen LogP contribution in [0.25, 0.3) is 0 Å². The molecule has 2 rings (SSSR count). The molecular formula is C20H28O4. The molecule has 3 unspecified atom stereocenters. The lowest BCUT2D eigenvalue weighted by Crippen LogP contribution is -2.37. The number of carboxylic acids is 1. The van der Waals surface area contributed by atoms with Crippen molar-refractivity contribution in [3.63, 3.8) is 0 Å². The number of carboxylic acid groups (broad SMARTS) is 1. The zero-order valence-corrected chi connectivity index (χ0v) is 14.7. The molecule has 0 aliphatic heterocycles. The summed E-state index contributed by atoms with van der Waals surface area (Å²) in [7, 11) is 0. The minimum atomic E-state index is -0.874. The Hall–Kier alpha value is -1.84. The molecule has 1 fully saturated rings. The lowest BCUT2D eigenvalue weighted by molar-refractivity contribution is -0.155. The van der Waals surface area contributed by atoms with Crippen molar-refractivity contribution in [2.45, 2.75) is 58.8 Å². The Bertz CT molecular complexity index is 549. The number of hydrogen-bond acceptors (Lipinski definition) is 3. The molecule has 4 heteroatoms. The molecule has 4 nitrogen and oxygen atoms in total. The highest BCUT2D eigenvalue weighted by molar-refractivity contribution is 5.82. The number of rotatable bonds is 7. The normalized spacial score (nSPS) is 23.7. The molecule has 1 aliphatic carbocycles. The third-order valence-corrected chi connectivity index (χ3v) is 5.03. The van der Waals surface area contributed by atoms with Crippen LogP contribution in [0.15, 0.2) is 24.3 Å². The third-order valence-electron chi connectivity index (χ3n) is 5.03. The standard InChI is InChI=1S/C20H28O4/c1-3-4-5-6-15-9-12-17(18(13-15)19(21)22)20(23)24-16-10-7-14(2)8-11-16/h7-8,10-11,15,17-18H,3-6,9,12-13H2,1-2H3,(H,21,22). The van der Waals surface area contributed by atoms with Crippen molar-refractivity contribution in [1.29, 1.82) is 0 Å². The molecule has 132 valence electrons. The summed E-state index contributed by atoms with van der Waals surface area (Å²) in [6.45, 7) is 4.13. The monoisotopic (exact) mass is 332 g/mol. The molecule has 0 heterocycles. The second-order valence-electron chi connectivity index (χ2n) is 6.96. The molecule has 0 radical (unpaired) electrons. The molecule has 0 saturated heterocycles. The van der Waals surface area contributed by atoms with Gasteiger partial charge in [0.15, 0.2) is 0 Å². The Morgan fingerprint density at radius 3 is 2.46 bits per heavy atom. The summed E-state index contributed by atoms with van der Waals surface area (Å²) in [4.78, 5) is 24.1. The fourth-order valence-corrected chi connectivity index (χ4v) is 3.56. The van der Waals surface area contributed by atoms with Crippen molar-refractivity contribution in [3.8, 4) is 5.75 Å². The molecule has 0 bridgehead atoms. The van der Waals surface area contributed by atoms with Crippen molar-refractivity contribution < 1.29 is 19.4 Å². The van der Waals surface area contributed by atoms with E-state index in [-0.39, 0.29) is 0 Å². The number of ether oxygens (including phenoxy) is 1. The van der Waals surface area contributed by atoms with Crippen molar-refractivity contribution in [2.75, 3.05) is 0 Å². The molecule has 24 heavy (non-hydrogen) atoms. The first kappa shape index (κ1) is 18.5. The van der Waals surface area contributed by atoms with Gasteiger partial charge in [-0.25, -0.2) is 0 Å². The summed E-state index contributed by atoms with van der Waals surface area (Å²) in [6.07, 6.45) is 6.68. The Morgan fingerprint density at radius 1 is 1.12 bits per heavy atom. The lowest BCUT2D eigenvalue weighted by Gasteiger charge is -2.32. The van der Waals surface area contributed by atoms with Gasteiger partial charge in [0.2, 0.25) is 0 Å². The van der Waals surface area contributed by atoms with Gasteiger partial charge in [0.25, 0.3) is 0 Å². The zero-order chi connectivity index (χ0) is 17.5. The van der Waals surface area contributed by atoms with Gasteiger partial charge in [0.1, 0.15) is 5.75 Å². The predicted octanol–water partition coefficient (Wildman–Crippen LogP) is 4.60. The molecule has 1 aliphatic rings. The first-order valence-corrected chi connectivity index (χ1v) is 9.02. The highest BCUT2D eigenvalue weighted by Gasteiger charge is 2.40. The van der Waals surface area contributed by atoms with Gasteiger partial charge in [0, 0.05) is 0 Å². The summed E-state index contributed by atoms with van der Waals surface area (Å²) in [5.74, 6) is -1.53. The molecule has 1 saturated carbocycles. The quantitative estimate of drug-likeness (QED) is 0.450. The molecule has 0 spiro atoms. The van der Waals surface area contributed by atoms with Crippen LogP contribution < -0.4 is 4.74 Å². The van der Waals surface area contributed by atoms with E-state index in [1.165, 1.54) is 12.8 Å². The Kier molecular flexibility index (Phi) is 6.83. The van der Waals surface area contributed by atoms with Gasteiger partial charge >= 0.3 is 11.9 Å². The van der Waals surface area contributed by atoms with Gasteiger partial charge in [-0.15, -0.1) is 0 Å². The van der Waals surface area contributed by atoms with Crippen LogP contribution in [0.5, 0.6) is 5.75 Å². The van der Waals surface area contributed by atoms with Gasteiger partial charge in [-0.1, -0.05) is 50.3 Å². The maximum absolute atomic E-state index is 12.4. The molecule has 1 aromatic carbocycles. The summed E-state index contributed by atoms with van der Waals surface area (Å²) in [5.41, 5.74) is 1.09. The lowest BCUT2D eigenvalue weighted by atomic mass is 9.72. The summed E-state index contributed by atoms with van der Waals surface area (Å²) in [5, 5.41) is 9.54. The number of carbonyl (C=O) groups is 2. The van der Waals surface area contributed by atoms with Crippen LogP contribution in [0.4, 0.5) is 0 Å². The average Bonchev–Trinajstić information content (AvgIpc) is 2.57. The molecule has 1 N–H and O–H groups in total. The van der Waals surface area contributed by atoms with E-state index < -0.39 is 23.8 Å². The number of hydrogen-bond donors (Lipinski definition) is 1. The number of carbonyl (C=O) groups excluding carboxylic acids is 1. The van der Waals surface area contributed by atoms with Gasteiger partial charge < -0.3 is 9.84 Å². The molecule has 3 atom stereocenters. The van der Waals surface area contributed by atoms with Crippen LogP contribution in [0.3, 0.4) is 0 Å². The second-order valence-corrected chi connectivity index (χ2v) is 6.96.